The molecule has 4 N–H and O–H groups in total. The van der Waals surface area contributed by atoms with Crippen molar-refractivity contribution in [1.29, 1.82) is 5.41 Å². The van der Waals surface area contributed by atoms with E-state index in [0.29, 0.717) is 0 Å². The fourth-order valence-electron chi connectivity index (χ4n) is 4.22. The number of hydrogen-bond acceptors (Lipinski definition) is 8. The average Bonchev–Trinajstić information content (AvgIpc) is 2.82. The number of carbonyl (C=O) groups is 2. The van der Waals surface area contributed by atoms with E-state index >= 15 is 0 Å². The Kier molecular flexibility index (Phi) is 4.31. The molecule has 0 bridgehead atoms. The van der Waals surface area contributed by atoms with Crippen LogP contribution in [0.4, 0.5) is 0 Å². The van der Waals surface area contributed by atoms with Crippen molar-refractivity contribution in [3.63, 3.8) is 0 Å². The summed E-state index contributed by atoms with van der Waals surface area (Å²) in [5, 5.41) is 40.2. The van der Waals surface area contributed by atoms with Gasteiger partial charge in [-0.1, -0.05) is 0 Å². The van der Waals surface area contributed by atoms with Crippen LogP contribution >= 0.6 is 0 Å². The van der Waals surface area contributed by atoms with Crippen molar-refractivity contribution in [2.45, 2.75) is 52.2 Å². The van der Waals surface area contributed by atoms with E-state index < -0.39 is 34.3 Å². The molecular weight excluding hydrogens is 366 g/mol. The van der Waals surface area contributed by atoms with Crippen molar-refractivity contribution in [1.82, 2.24) is 0 Å². The molecule has 0 saturated carbocycles. The van der Waals surface area contributed by atoms with E-state index in [1.54, 1.807) is 6.92 Å². The zero-order valence-corrected chi connectivity index (χ0v) is 16.4. The van der Waals surface area contributed by atoms with Crippen LogP contribution < -0.4 is 4.74 Å². The number of fused-ring (bicyclic) bond motifs is 3. The van der Waals surface area contributed by atoms with E-state index in [9.17, 15) is 24.9 Å². The van der Waals surface area contributed by atoms with Crippen LogP contribution in [0.15, 0.2) is 11.3 Å². The molecule has 1 aromatic carbocycles. The molecule has 2 unspecified atom stereocenters. The number of nitrogens with one attached hydrogen (secondary N) is 1. The summed E-state index contributed by atoms with van der Waals surface area (Å²) in [5.41, 5.74) is -1.96. The number of ketones is 2. The number of aromatic hydroxyl groups is 2. The molecule has 150 valence electrons. The van der Waals surface area contributed by atoms with Crippen molar-refractivity contribution in [3.8, 4) is 17.2 Å². The first kappa shape index (κ1) is 19.9. The van der Waals surface area contributed by atoms with Crippen molar-refractivity contribution in [3.05, 3.63) is 28.0 Å². The standard InChI is InChI=1S/C20H23NO7/c1-6-27-20-7-11(23)12(9(3)21)18(26)19(20,5)14-16(25)8(2)15(24)13(10(4)22)17(14)28-20/h21,24-26H,6-7H2,1-5H3. The molecule has 2 atom stereocenters. The number of Topliss-reactive ketones (excluding diaryl/α,β-unsaturated/α-hetero) is 2. The number of rotatable bonds is 4. The molecule has 1 aliphatic carbocycles. The summed E-state index contributed by atoms with van der Waals surface area (Å²) in [6.07, 6.45) is -0.335. The van der Waals surface area contributed by atoms with Crippen LogP contribution in [0.3, 0.4) is 0 Å². The molecule has 1 heterocycles. The number of benzene rings is 1. The van der Waals surface area contributed by atoms with Gasteiger partial charge in [0.2, 0.25) is 5.79 Å². The molecule has 8 heteroatoms. The molecule has 2 aliphatic rings. The molecule has 8 nitrogen and oxygen atoms in total. The van der Waals surface area contributed by atoms with Gasteiger partial charge in [0.05, 0.1) is 17.6 Å². The van der Waals surface area contributed by atoms with E-state index in [4.69, 9.17) is 14.9 Å². The maximum Gasteiger partial charge on any atom is 0.234 e. The summed E-state index contributed by atoms with van der Waals surface area (Å²) in [4.78, 5) is 24.9. The van der Waals surface area contributed by atoms with E-state index in [1.165, 1.54) is 27.7 Å². The van der Waals surface area contributed by atoms with Gasteiger partial charge in [-0.25, -0.2) is 0 Å². The van der Waals surface area contributed by atoms with E-state index in [2.05, 4.69) is 0 Å². The molecular formula is C20H23NO7. The highest BCUT2D eigenvalue weighted by molar-refractivity contribution is 6.22. The third-order valence-corrected chi connectivity index (χ3v) is 5.65. The number of hydrogen-bond donors (Lipinski definition) is 4. The number of ether oxygens (including phenoxy) is 2. The lowest BCUT2D eigenvalue weighted by atomic mass is 9.66. The fourth-order valence-corrected chi connectivity index (χ4v) is 4.22. The van der Waals surface area contributed by atoms with Crippen LogP contribution in [-0.4, -0.2) is 45.0 Å². The van der Waals surface area contributed by atoms with Crippen LogP contribution in [0.25, 0.3) is 0 Å². The second kappa shape index (κ2) is 6.07. The number of allylic oxidation sites excluding steroid dienone is 1. The summed E-state index contributed by atoms with van der Waals surface area (Å²) >= 11 is 0. The lowest BCUT2D eigenvalue weighted by Crippen LogP contribution is -2.58. The van der Waals surface area contributed by atoms with E-state index in [1.807, 2.05) is 0 Å². The minimum absolute atomic E-state index is 0.0406. The predicted molar refractivity (Wildman–Crippen MR) is 99.5 cm³/mol. The third kappa shape index (κ3) is 2.18. The van der Waals surface area contributed by atoms with Gasteiger partial charge in [0.15, 0.2) is 11.6 Å². The molecule has 0 fully saturated rings. The van der Waals surface area contributed by atoms with Gasteiger partial charge in [-0.2, -0.15) is 0 Å². The molecule has 1 aromatic rings. The van der Waals surface area contributed by atoms with E-state index in [-0.39, 0.29) is 52.5 Å². The Balaban J connectivity index is 2.51. The van der Waals surface area contributed by atoms with Crippen LogP contribution in [0.2, 0.25) is 0 Å². The maximum atomic E-state index is 12.7. The number of aliphatic hydroxyl groups excluding tert-OH is 1. The first-order valence-electron chi connectivity index (χ1n) is 8.89. The Morgan fingerprint density at radius 2 is 1.86 bits per heavy atom. The second-order valence-corrected chi connectivity index (χ2v) is 7.32. The second-order valence-electron chi connectivity index (χ2n) is 7.32. The van der Waals surface area contributed by atoms with Gasteiger partial charge in [-0.15, -0.1) is 0 Å². The van der Waals surface area contributed by atoms with Gasteiger partial charge in [-0.05, 0) is 34.6 Å². The Labute approximate surface area is 161 Å². The molecule has 0 aromatic heterocycles. The molecule has 0 spiro atoms. The van der Waals surface area contributed by atoms with Gasteiger partial charge >= 0.3 is 0 Å². The Morgan fingerprint density at radius 3 is 2.36 bits per heavy atom. The summed E-state index contributed by atoms with van der Waals surface area (Å²) in [6, 6.07) is 0. The normalized spacial score (nSPS) is 26.0. The van der Waals surface area contributed by atoms with Gasteiger partial charge in [-0.3, -0.25) is 9.59 Å². The number of aliphatic hydroxyl groups is 1. The topological polar surface area (TPSA) is 137 Å². The molecule has 0 radical (unpaired) electrons. The van der Waals surface area contributed by atoms with Gasteiger partial charge in [0.25, 0.3) is 0 Å². The largest absolute Gasteiger partial charge is 0.510 e. The summed E-state index contributed by atoms with van der Waals surface area (Å²) in [6.45, 7) is 7.36. The first-order valence-corrected chi connectivity index (χ1v) is 8.89. The lowest BCUT2D eigenvalue weighted by Gasteiger charge is -2.44. The van der Waals surface area contributed by atoms with Crippen molar-refractivity contribution in [2.75, 3.05) is 6.61 Å². The van der Waals surface area contributed by atoms with Crippen LogP contribution in [-0.2, 0) is 14.9 Å². The predicted octanol–water partition coefficient (Wildman–Crippen LogP) is 2.82. The summed E-state index contributed by atoms with van der Waals surface area (Å²) in [5.74, 6) is -4.20. The van der Waals surface area contributed by atoms with Crippen molar-refractivity contribution < 1.29 is 34.4 Å². The summed E-state index contributed by atoms with van der Waals surface area (Å²) in [7, 11) is 0. The summed E-state index contributed by atoms with van der Waals surface area (Å²) < 4.78 is 11.8. The minimum atomic E-state index is -1.73. The monoisotopic (exact) mass is 389 g/mol. The Bertz CT molecular complexity index is 978. The number of phenolic OH excluding ortho intramolecular Hbond substituents is 2. The van der Waals surface area contributed by atoms with E-state index in [0.717, 1.165) is 0 Å². The molecule has 1 aliphatic heterocycles. The first-order chi connectivity index (χ1) is 12.9. The highest BCUT2D eigenvalue weighted by Crippen LogP contribution is 2.63. The van der Waals surface area contributed by atoms with Crippen LogP contribution in [0.5, 0.6) is 17.2 Å². The quantitative estimate of drug-likeness (QED) is 0.459. The average molecular weight is 389 g/mol. The van der Waals surface area contributed by atoms with Gasteiger partial charge in [0.1, 0.15) is 34.0 Å². The van der Waals surface area contributed by atoms with Crippen LogP contribution in [0.1, 0.15) is 55.6 Å². The molecule has 28 heavy (non-hydrogen) atoms. The third-order valence-electron chi connectivity index (χ3n) is 5.65. The van der Waals surface area contributed by atoms with Gasteiger partial charge < -0.3 is 30.2 Å². The zero-order chi connectivity index (χ0) is 21.2. The smallest absolute Gasteiger partial charge is 0.234 e. The molecule has 0 saturated heterocycles. The number of carbonyl (C=O) groups excluding carboxylic acids is 2. The highest BCUT2D eigenvalue weighted by atomic mass is 16.7. The SMILES string of the molecule is CCOC12CC(=O)C(C(C)=N)=C(O)C1(C)c1c(O)c(C)c(O)c(C(C)=O)c1O2. The molecule has 3 rings (SSSR count). The van der Waals surface area contributed by atoms with Crippen molar-refractivity contribution in [2.24, 2.45) is 0 Å². The lowest BCUT2D eigenvalue weighted by molar-refractivity contribution is -0.211. The van der Waals surface area contributed by atoms with Crippen LogP contribution in [0, 0.1) is 12.3 Å². The van der Waals surface area contributed by atoms with Crippen molar-refractivity contribution >= 4 is 17.3 Å². The van der Waals surface area contributed by atoms with Gasteiger partial charge in [0, 0.05) is 17.9 Å². The number of phenols is 2. The minimum Gasteiger partial charge on any atom is -0.510 e. The molecule has 0 amide bonds. The Morgan fingerprint density at radius 1 is 1.25 bits per heavy atom. The zero-order valence-electron chi connectivity index (χ0n) is 16.4. The highest BCUT2D eigenvalue weighted by Gasteiger charge is 2.67. The fraction of sp³-hybridized carbons (Fsp3) is 0.450. The maximum absolute atomic E-state index is 12.7. The Hall–Kier alpha value is -2.87.